The number of nitrogens with zero attached hydrogens (tertiary/aromatic N) is 2. The molecular formula is C10H14ClN3S. The average Bonchev–Trinajstić information content (AvgIpc) is 2.69. The summed E-state index contributed by atoms with van der Waals surface area (Å²) in [5.41, 5.74) is 6.03. The fraction of sp³-hybridized carbons (Fsp3) is 0.700. The Hall–Kier alpha value is -0.320. The van der Waals surface area contributed by atoms with Crippen LogP contribution in [0.25, 0.3) is 0 Å². The fourth-order valence-electron chi connectivity index (χ4n) is 2.90. The number of hydrogen-bond acceptors (Lipinski definition) is 4. The third-order valence-electron chi connectivity index (χ3n) is 3.45. The van der Waals surface area contributed by atoms with E-state index in [0.717, 1.165) is 18.0 Å². The van der Waals surface area contributed by atoms with Gasteiger partial charge < -0.3 is 10.6 Å². The lowest BCUT2D eigenvalue weighted by Crippen LogP contribution is -2.47. The number of nitrogens with two attached hydrogens (primary N) is 1. The SMILES string of the molecule is NC1CC2CCC(C1)N2c1nc(Cl)cs1. The molecule has 1 aromatic heterocycles. The lowest BCUT2D eigenvalue weighted by molar-refractivity contribution is 0.414. The van der Waals surface area contributed by atoms with Crippen molar-refractivity contribution in [3.05, 3.63) is 10.5 Å². The minimum Gasteiger partial charge on any atom is -0.342 e. The van der Waals surface area contributed by atoms with Gasteiger partial charge in [0.15, 0.2) is 5.13 Å². The molecule has 0 radical (unpaired) electrons. The first kappa shape index (κ1) is 9.87. The van der Waals surface area contributed by atoms with Crippen molar-refractivity contribution >= 4 is 28.1 Å². The molecule has 3 nitrogen and oxygen atoms in total. The predicted octanol–water partition coefficient (Wildman–Crippen LogP) is 2.25. The summed E-state index contributed by atoms with van der Waals surface area (Å²) in [6.07, 6.45) is 4.73. The van der Waals surface area contributed by atoms with Crippen LogP contribution in [-0.4, -0.2) is 23.1 Å². The van der Waals surface area contributed by atoms with E-state index in [0.29, 0.717) is 23.3 Å². The Morgan fingerprint density at radius 1 is 1.40 bits per heavy atom. The Balaban J connectivity index is 1.88. The van der Waals surface area contributed by atoms with E-state index in [1.54, 1.807) is 11.3 Å². The molecule has 2 unspecified atom stereocenters. The molecule has 82 valence electrons. The second kappa shape index (κ2) is 3.61. The molecule has 2 aliphatic heterocycles. The van der Waals surface area contributed by atoms with E-state index < -0.39 is 0 Å². The third-order valence-corrected chi connectivity index (χ3v) is 4.63. The first-order valence-electron chi connectivity index (χ1n) is 5.39. The van der Waals surface area contributed by atoms with Crippen LogP contribution in [0.3, 0.4) is 0 Å². The number of halogens is 1. The van der Waals surface area contributed by atoms with E-state index in [4.69, 9.17) is 17.3 Å². The van der Waals surface area contributed by atoms with Gasteiger partial charge in [-0.2, -0.15) is 0 Å². The van der Waals surface area contributed by atoms with E-state index in [1.165, 1.54) is 12.8 Å². The van der Waals surface area contributed by atoms with Gasteiger partial charge in [0.2, 0.25) is 0 Å². The maximum Gasteiger partial charge on any atom is 0.187 e. The molecule has 0 aromatic carbocycles. The zero-order valence-electron chi connectivity index (χ0n) is 8.40. The van der Waals surface area contributed by atoms with Crippen LogP contribution in [0, 0.1) is 0 Å². The zero-order chi connectivity index (χ0) is 10.4. The normalized spacial score (nSPS) is 34.8. The van der Waals surface area contributed by atoms with Crippen LogP contribution >= 0.6 is 22.9 Å². The zero-order valence-corrected chi connectivity index (χ0v) is 9.97. The van der Waals surface area contributed by atoms with Crippen LogP contribution < -0.4 is 10.6 Å². The van der Waals surface area contributed by atoms with Gasteiger partial charge in [-0.1, -0.05) is 11.6 Å². The number of anilines is 1. The van der Waals surface area contributed by atoms with E-state index in [9.17, 15) is 0 Å². The first-order chi connectivity index (χ1) is 7.24. The average molecular weight is 244 g/mol. The second-order valence-corrected chi connectivity index (χ2v) is 5.70. The smallest absolute Gasteiger partial charge is 0.187 e. The van der Waals surface area contributed by atoms with E-state index in [-0.39, 0.29) is 0 Å². The number of rotatable bonds is 1. The highest BCUT2D eigenvalue weighted by Gasteiger charge is 2.40. The van der Waals surface area contributed by atoms with Crippen molar-refractivity contribution in [1.82, 2.24) is 4.98 Å². The molecule has 2 saturated heterocycles. The van der Waals surface area contributed by atoms with Crippen LogP contribution in [-0.2, 0) is 0 Å². The molecule has 2 fully saturated rings. The number of thiazole rings is 1. The molecule has 2 N–H and O–H groups in total. The minimum absolute atomic E-state index is 0.384. The highest BCUT2D eigenvalue weighted by Crippen LogP contribution is 2.40. The molecule has 3 rings (SSSR count). The summed E-state index contributed by atoms with van der Waals surface area (Å²) in [6, 6.07) is 1.58. The summed E-state index contributed by atoms with van der Waals surface area (Å²) in [4.78, 5) is 6.81. The molecule has 1 aromatic rings. The molecular weight excluding hydrogens is 230 g/mol. The number of aromatic nitrogens is 1. The summed E-state index contributed by atoms with van der Waals surface area (Å²) >= 11 is 7.52. The maximum atomic E-state index is 6.03. The summed E-state index contributed by atoms with van der Waals surface area (Å²) in [6.45, 7) is 0. The Morgan fingerprint density at radius 2 is 2.07 bits per heavy atom. The lowest BCUT2D eigenvalue weighted by atomic mass is 9.99. The number of piperidine rings is 1. The van der Waals surface area contributed by atoms with Gasteiger partial charge in [0.1, 0.15) is 5.15 Å². The Bertz CT molecular complexity index is 353. The number of hydrogen-bond donors (Lipinski definition) is 1. The van der Waals surface area contributed by atoms with Crippen molar-refractivity contribution in [1.29, 1.82) is 0 Å². The Morgan fingerprint density at radius 3 is 2.60 bits per heavy atom. The van der Waals surface area contributed by atoms with Crippen molar-refractivity contribution in [2.45, 2.75) is 43.8 Å². The third kappa shape index (κ3) is 1.65. The molecule has 2 bridgehead atoms. The summed E-state index contributed by atoms with van der Waals surface area (Å²) in [5.74, 6) is 0. The van der Waals surface area contributed by atoms with E-state index >= 15 is 0 Å². The quantitative estimate of drug-likeness (QED) is 0.823. The number of fused-ring (bicyclic) bond motifs is 2. The molecule has 2 atom stereocenters. The lowest BCUT2D eigenvalue weighted by Gasteiger charge is -2.37. The Kier molecular flexibility index (Phi) is 2.38. The standard InChI is InChI=1S/C10H14ClN3S/c11-9-5-15-10(13-9)14-7-1-2-8(14)4-6(12)3-7/h5-8H,1-4,12H2. The van der Waals surface area contributed by atoms with Crippen molar-refractivity contribution in [2.75, 3.05) is 4.90 Å². The van der Waals surface area contributed by atoms with Gasteiger partial charge in [0, 0.05) is 23.5 Å². The second-order valence-electron chi connectivity index (χ2n) is 4.48. The first-order valence-corrected chi connectivity index (χ1v) is 6.65. The van der Waals surface area contributed by atoms with Gasteiger partial charge >= 0.3 is 0 Å². The largest absolute Gasteiger partial charge is 0.342 e. The molecule has 0 aliphatic carbocycles. The van der Waals surface area contributed by atoms with E-state index in [2.05, 4.69) is 9.88 Å². The predicted molar refractivity (Wildman–Crippen MR) is 63.6 cm³/mol. The van der Waals surface area contributed by atoms with Gasteiger partial charge in [0.25, 0.3) is 0 Å². The summed E-state index contributed by atoms with van der Waals surface area (Å²) in [5, 5.41) is 3.61. The highest BCUT2D eigenvalue weighted by molar-refractivity contribution is 7.14. The maximum absolute atomic E-state index is 6.03. The van der Waals surface area contributed by atoms with Gasteiger partial charge in [-0.15, -0.1) is 11.3 Å². The highest BCUT2D eigenvalue weighted by atomic mass is 35.5. The van der Waals surface area contributed by atoms with Gasteiger partial charge in [-0.25, -0.2) is 4.98 Å². The van der Waals surface area contributed by atoms with Crippen LogP contribution in [0.1, 0.15) is 25.7 Å². The van der Waals surface area contributed by atoms with E-state index in [1.807, 2.05) is 5.38 Å². The van der Waals surface area contributed by atoms with Gasteiger partial charge in [0.05, 0.1) is 0 Å². The van der Waals surface area contributed by atoms with Crippen LogP contribution in [0.2, 0.25) is 5.15 Å². The molecule has 2 aliphatic rings. The van der Waals surface area contributed by atoms with Gasteiger partial charge in [-0.3, -0.25) is 0 Å². The molecule has 0 spiro atoms. The van der Waals surface area contributed by atoms with Gasteiger partial charge in [-0.05, 0) is 25.7 Å². The van der Waals surface area contributed by atoms with Crippen LogP contribution in [0.5, 0.6) is 0 Å². The van der Waals surface area contributed by atoms with Crippen LogP contribution in [0.15, 0.2) is 5.38 Å². The fourth-order valence-corrected chi connectivity index (χ4v) is 3.99. The van der Waals surface area contributed by atoms with Crippen molar-refractivity contribution < 1.29 is 0 Å². The summed E-state index contributed by atoms with van der Waals surface area (Å²) in [7, 11) is 0. The molecule has 5 heteroatoms. The van der Waals surface area contributed by atoms with Crippen molar-refractivity contribution in [3.63, 3.8) is 0 Å². The van der Waals surface area contributed by atoms with Crippen molar-refractivity contribution in [3.8, 4) is 0 Å². The topological polar surface area (TPSA) is 42.1 Å². The molecule has 0 amide bonds. The molecule has 15 heavy (non-hydrogen) atoms. The molecule has 3 heterocycles. The van der Waals surface area contributed by atoms with Crippen LogP contribution in [0.4, 0.5) is 5.13 Å². The minimum atomic E-state index is 0.384. The summed E-state index contributed by atoms with van der Waals surface area (Å²) < 4.78 is 0. The molecule has 0 saturated carbocycles. The Labute approximate surface area is 98.2 Å². The van der Waals surface area contributed by atoms with Crippen molar-refractivity contribution in [2.24, 2.45) is 5.73 Å². The monoisotopic (exact) mass is 243 g/mol.